The van der Waals surface area contributed by atoms with Gasteiger partial charge in [-0.1, -0.05) is 26.2 Å². The molecule has 0 atom stereocenters. The maximum atomic E-state index is 5.58. The van der Waals surface area contributed by atoms with Crippen molar-refractivity contribution >= 4 is 11.3 Å². The average Bonchev–Trinajstić information content (AvgIpc) is 2.67. The van der Waals surface area contributed by atoms with E-state index in [2.05, 4.69) is 11.9 Å². The van der Waals surface area contributed by atoms with Gasteiger partial charge in [-0.05, 0) is 12.8 Å². The monoisotopic (exact) mass is 210 g/mol. The number of aromatic nitrogens is 1. The second kappa shape index (κ2) is 3.99. The Morgan fingerprint density at radius 3 is 2.71 bits per heavy atom. The molecule has 2 rings (SSSR count). The highest BCUT2D eigenvalue weighted by Crippen LogP contribution is 2.41. The van der Waals surface area contributed by atoms with Gasteiger partial charge in [-0.15, -0.1) is 11.3 Å². The lowest BCUT2D eigenvalue weighted by molar-refractivity contribution is 0.324. The van der Waals surface area contributed by atoms with Gasteiger partial charge in [-0.3, -0.25) is 0 Å². The van der Waals surface area contributed by atoms with Crippen LogP contribution in [0.1, 0.15) is 48.9 Å². The van der Waals surface area contributed by atoms with Crippen LogP contribution in [0.4, 0.5) is 0 Å². The van der Waals surface area contributed by atoms with Gasteiger partial charge < -0.3 is 5.73 Å². The molecule has 0 bridgehead atoms. The van der Waals surface area contributed by atoms with E-state index < -0.39 is 0 Å². The van der Waals surface area contributed by atoms with E-state index in [9.17, 15) is 0 Å². The number of hydrogen-bond acceptors (Lipinski definition) is 3. The number of nitrogens with zero attached hydrogens (tertiary/aromatic N) is 1. The molecule has 3 heteroatoms. The maximum Gasteiger partial charge on any atom is 0.106 e. The smallest absolute Gasteiger partial charge is 0.106 e. The van der Waals surface area contributed by atoms with Gasteiger partial charge in [0, 0.05) is 23.0 Å². The van der Waals surface area contributed by atoms with Crippen LogP contribution >= 0.6 is 11.3 Å². The molecular formula is C11H18N2S. The van der Waals surface area contributed by atoms with Crippen molar-refractivity contribution in [1.82, 2.24) is 4.98 Å². The van der Waals surface area contributed by atoms with Crippen molar-refractivity contribution in [3.05, 3.63) is 16.1 Å². The second-order valence-corrected chi connectivity index (χ2v) is 5.56. The largest absolute Gasteiger partial charge is 0.325 e. The van der Waals surface area contributed by atoms with Gasteiger partial charge in [-0.2, -0.15) is 0 Å². The number of hydrogen-bond donors (Lipinski definition) is 1. The molecule has 1 aromatic heterocycles. The van der Waals surface area contributed by atoms with Crippen LogP contribution in [0, 0.1) is 0 Å². The first-order valence-electron chi connectivity index (χ1n) is 5.40. The van der Waals surface area contributed by atoms with E-state index in [1.54, 1.807) is 11.3 Å². The highest BCUT2D eigenvalue weighted by molar-refractivity contribution is 7.11. The lowest BCUT2D eigenvalue weighted by Gasteiger charge is -2.32. The molecule has 0 unspecified atom stereocenters. The second-order valence-electron chi connectivity index (χ2n) is 4.44. The van der Waals surface area contributed by atoms with Gasteiger partial charge in [0.25, 0.3) is 0 Å². The van der Waals surface area contributed by atoms with Crippen LogP contribution in [-0.2, 0) is 12.0 Å². The Morgan fingerprint density at radius 2 is 2.14 bits per heavy atom. The van der Waals surface area contributed by atoms with Crippen molar-refractivity contribution in [2.24, 2.45) is 5.73 Å². The molecule has 2 N–H and O–H groups in total. The van der Waals surface area contributed by atoms with E-state index in [-0.39, 0.29) is 0 Å². The van der Waals surface area contributed by atoms with Gasteiger partial charge in [-0.25, -0.2) is 4.98 Å². The lowest BCUT2D eigenvalue weighted by Crippen LogP contribution is -2.23. The minimum atomic E-state index is 0.392. The normalized spacial score (nSPS) is 21.0. The van der Waals surface area contributed by atoms with Crippen molar-refractivity contribution in [1.29, 1.82) is 0 Å². The topological polar surface area (TPSA) is 38.9 Å². The van der Waals surface area contributed by atoms with Crippen LogP contribution in [0.15, 0.2) is 6.20 Å². The first-order chi connectivity index (χ1) is 6.74. The summed E-state index contributed by atoms with van der Waals surface area (Å²) < 4.78 is 0. The van der Waals surface area contributed by atoms with Crippen molar-refractivity contribution < 1.29 is 0 Å². The standard InChI is InChI=1S/C11H18N2S/c1-11(5-3-2-4-6-11)9-8-13-10(7-12)14-9/h8H,2-7,12H2,1H3. The quantitative estimate of drug-likeness (QED) is 0.815. The van der Waals surface area contributed by atoms with E-state index in [1.807, 2.05) is 6.20 Å². The molecule has 0 spiro atoms. The zero-order valence-electron chi connectivity index (χ0n) is 8.75. The number of nitrogens with two attached hydrogens (primary N) is 1. The van der Waals surface area contributed by atoms with Crippen molar-refractivity contribution in [3.8, 4) is 0 Å². The van der Waals surface area contributed by atoms with E-state index in [4.69, 9.17) is 5.73 Å². The molecule has 1 heterocycles. The van der Waals surface area contributed by atoms with Crippen LogP contribution in [-0.4, -0.2) is 4.98 Å². The molecule has 0 saturated heterocycles. The Balaban J connectivity index is 2.19. The van der Waals surface area contributed by atoms with Gasteiger partial charge in [0.05, 0.1) is 0 Å². The van der Waals surface area contributed by atoms with Crippen molar-refractivity contribution in [2.75, 3.05) is 0 Å². The fourth-order valence-corrected chi connectivity index (χ4v) is 3.26. The Labute approximate surface area is 89.5 Å². The highest BCUT2D eigenvalue weighted by atomic mass is 32.1. The first-order valence-corrected chi connectivity index (χ1v) is 6.21. The molecule has 2 nitrogen and oxygen atoms in total. The Morgan fingerprint density at radius 1 is 1.43 bits per heavy atom. The third kappa shape index (κ3) is 1.84. The molecule has 1 aliphatic rings. The van der Waals surface area contributed by atoms with Crippen LogP contribution in [0.2, 0.25) is 0 Å². The summed E-state index contributed by atoms with van der Waals surface area (Å²) in [6, 6.07) is 0. The van der Waals surface area contributed by atoms with Crippen molar-refractivity contribution in [3.63, 3.8) is 0 Å². The summed E-state index contributed by atoms with van der Waals surface area (Å²) in [5, 5.41) is 1.08. The van der Waals surface area contributed by atoms with Crippen LogP contribution < -0.4 is 5.73 Å². The predicted molar refractivity (Wildman–Crippen MR) is 60.4 cm³/mol. The van der Waals surface area contributed by atoms with E-state index in [0.717, 1.165) is 5.01 Å². The molecule has 0 aromatic carbocycles. The zero-order chi connectivity index (χ0) is 10.0. The third-order valence-electron chi connectivity index (χ3n) is 3.28. The molecule has 78 valence electrons. The minimum Gasteiger partial charge on any atom is -0.325 e. The molecule has 1 saturated carbocycles. The first kappa shape index (κ1) is 10.1. The molecule has 1 fully saturated rings. The third-order valence-corrected chi connectivity index (χ3v) is 4.61. The summed E-state index contributed by atoms with van der Waals surface area (Å²) in [6.45, 7) is 2.96. The van der Waals surface area contributed by atoms with Gasteiger partial charge >= 0.3 is 0 Å². The van der Waals surface area contributed by atoms with Gasteiger partial charge in [0.2, 0.25) is 0 Å². The summed E-state index contributed by atoms with van der Waals surface area (Å²) in [5.74, 6) is 0. The van der Waals surface area contributed by atoms with E-state index in [1.165, 1.54) is 37.0 Å². The fraction of sp³-hybridized carbons (Fsp3) is 0.727. The summed E-state index contributed by atoms with van der Waals surface area (Å²) in [5.41, 5.74) is 5.98. The highest BCUT2D eigenvalue weighted by Gasteiger charge is 2.30. The molecule has 1 aromatic rings. The number of rotatable bonds is 2. The minimum absolute atomic E-state index is 0.392. The average molecular weight is 210 g/mol. The molecule has 14 heavy (non-hydrogen) atoms. The van der Waals surface area contributed by atoms with E-state index in [0.29, 0.717) is 12.0 Å². The van der Waals surface area contributed by atoms with Crippen LogP contribution in [0.3, 0.4) is 0 Å². The van der Waals surface area contributed by atoms with Crippen molar-refractivity contribution in [2.45, 2.75) is 51.0 Å². The molecule has 0 radical (unpaired) electrons. The SMILES string of the molecule is CC1(c2cnc(CN)s2)CCCCC1. The molecule has 1 aliphatic carbocycles. The summed E-state index contributed by atoms with van der Waals surface area (Å²) >= 11 is 1.80. The predicted octanol–water partition coefficient (Wildman–Crippen LogP) is 2.82. The maximum absolute atomic E-state index is 5.58. The van der Waals surface area contributed by atoms with E-state index >= 15 is 0 Å². The van der Waals surface area contributed by atoms with Gasteiger partial charge in [0.15, 0.2) is 0 Å². The van der Waals surface area contributed by atoms with Crippen LogP contribution in [0.25, 0.3) is 0 Å². The molecule has 0 amide bonds. The fourth-order valence-electron chi connectivity index (χ4n) is 2.26. The Bertz CT molecular complexity index is 300. The van der Waals surface area contributed by atoms with Gasteiger partial charge in [0.1, 0.15) is 5.01 Å². The number of thiazole rings is 1. The summed E-state index contributed by atoms with van der Waals surface area (Å²) in [6.07, 6.45) is 8.81. The zero-order valence-corrected chi connectivity index (χ0v) is 9.57. The molecule has 0 aliphatic heterocycles. The summed E-state index contributed by atoms with van der Waals surface area (Å²) in [7, 11) is 0. The molecular weight excluding hydrogens is 192 g/mol. The van der Waals surface area contributed by atoms with Crippen LogP contribution in [0.5, 0.6) is 0 Å². The summed E-state index contributed by atoms with van der Waals surface area (Å²) in [4.78, 5) is 5.79. The lowest BCUT2D eigenvalue weighted by atomic mass is 9.75. The Hall–Kier alpha value is -0.410. The Kier molecular flexibility index (Phi) is 2.88.